The number of anilines is 1. The molecule has 0 bridgehead atoms. The van der Waals surface area contributed by atoms with Crippen molar-refractivity contribution in [1.29, 1.82) is 0 Å². The number of nitro benzene ring substituents is 1. The number of nitrogens with zero attached hydrogens (tertiary/aromatic N) is 3. The van der Waals surface area contributed by atoms with E-state index >= 15 is 0 Å². The lowest BCUT2D eigenvalue weighted by molar-refractivity contribution is -0.384. The summed E-state index contributed by atoms with van der Waals surface area (Å²) in [5.41, 5.74) is 0.694. The molecule has 2 atom stereocenters. The Hall–Kier alpha value is -2.64. The number of carboxylic acids is 1. The van der Waals surface area contributed by atoms with Crippen molar-refractivity contribution in [2.45, 2.75) is 19.8 Å². The van der Waals surface area contributed by atoms with E-state index in [1.807, 2.05) is 4.90 Å². The first-order valence-corrected chi connectivity index (χ1v) is 8.44. The molecule has 8 nitrogen and oxygen atoms in total. The van der Waals surface area contributed by atoms with Crippen LogP contribution in [0.4, 0.5) is 11.4 Å². The van der Waals surface area contributed by atoms with Gasteiger partial charge in [-0.15, -0.1) is 0 Å². The maximum Gasteiger partial charge on any atom is 0.308 e. The van der Waals surface area contributed by atoms with Crippen LogP contribution in [0.25, 0.3) is 0 Å². The van der Waals surface area contributed by atoms with Crippen molar-refractivity contribution in [2.75, 3.05) is 31.1 Å². The van der Waals surface area contributed by atoms with E-state index in [1.54, 1.807) is 19.1 Å². The van der Waals surface area contributed by atoms with Crippen LogP contribution in [0.1, 0.15) is 30.1 Å². The molecule has 3 rings (SSSR count). The molecule has 2 aliphatic heterocycles. The smallest absolute Gasteiger partial charge is 0.308 e. The molecule has 1 N–H and O–H groups in total. The third-order valence-electron chi connectivity index (χ3n) is 5.08. The predicted octanol–water partition coefficient (Wildman–Crippen LogP) is 1.99. The Kier molecular flexibility index (Phi) is 4.61. The molecule has 2 fully saturated rings. The van der Waals surface area contributed by atoms with E-state index in [2.05, 4.69) is 0 Å². The molecule has 1 aromatic rings. The molecular weight excluding hydrogens is 326 g/mol. The third kappa shape index (κ3) is 3.29. The van der Waals surface area contributed by atoms with Gasteiger partial charge in [-0.2, -0.15) is 0 Å². The Morgan fingerprint density at radius 1 is 1.24 bits per heavy atom. The van der Waals surface area contributed by atoms with E-state index in [1.165, 1.54) is 11.0 Å². The lowest BCUT2D eigenvalue weighted by atomic mass is 9.99. The summed E-state index contributed by atoms with van der Waals surface area (Å²) in [5, 5.41) is 20.6. The number of rotatable bonds is 4. The highest BCUT2D eigenvalue weighted by atomic mass is 16.6. The molecule has 0 aromatic heterocycles. The number of hydrogen-bond acceptors (Lipinski definition) is 5. The van der Waals surface area contributed by atoms with Crippen molar-refractivity contribution >= 4 is 23.3 Å². The van der Waals surface area contributed by atoms with Crippen molar-refractivity contribution in [3.05, 3.63) is 33.9 Å². The van der Waals surface area contributed by atoms with Gasteiger partial charge >= 0.3 is 5.97 Å². The first kappa shape index (κ1) is 17.2. The van der Waals surface area contributed by atoms with Crippen molar-refractivity contribution in [1.82, 2.24) is 4.90 Å². The van der Waals surface area contributed by atoms with Gasteiger partial charge in [-0.25, -0.2) is 0 Å². The number of hydrogen-bond donors (Lipinski definition) is 1. The summed E-state index contributed by atoms with van der Waals surface area (Å²) in [5.74, 6) is -2.01. The molecule has 1 amide bonds. The minimum absolute atomic E-state index is 0.0743. The quantitative estimate of drug-likeness (QED) is 0.660. The zero-order valence-corrected chi connectivity index (χ0v) is 14.1. The van der Waals surface area contributed by atoms with Crippen LogP contribution in [-0.2, 0) is 4.79 Å². The van der Waals surface area contributed by atoms with Gasteiger partial charge in [-0.05, 0) is 30.9 Å². The number of aliphatic carboxylic acids is 1. The van der Waals surface area contributed by atoms with Crippen molar-refractivity contribution in [3.63, 3.8) is 0 Å². The van der Waals surface area contributed by atoms with E-state index in [9.17, 15) is 24.8 Å². The molecule has 0 unspecified atom stereocenters. The fraction of sp³-hybridized carbons (Fsp3) is 0.529. The summed E-state index contributed by atoms with van der Waals surface area (Å²) in [6.07, 6.45) is 2.00. The Labute approximate surface area is 145 Å². The molecular formula is C17H21N3O5. The van der Waals surface area contributed by atoms with E-state index < -0.39 is 16.8 Å². The molecule has 2 aliphatic rings. The van der Waals surface area contributed by atoms with Crippen molar-refractivity contribution < 1.29 is 19.6 Å². The zero-order valence-electron chi connectivity index (χ0n) is 14.1. The van der Waals surface area contributed by atoms with Gasteiger partial charge in [0, 0.05) is 37.8 Å². The average molecular weight is 347 g/mol. The van der Waals surface area contributed by atoms with E-state index in [0.717, 1.165) is 25.9 Å². The molecule has 2 saturated heterocycles. The summed E-state index contributed by atoms with van der Waals surface area (Å²) < 4.78 is 0. The molecule has 25 heavy (non-hydrogen) atoms. The summed E-state index contributed by atoms with van der Waals surface area (Å²) in [6.45, 7) is 3.83. The molecule has 0 aliphatic carbocycles. The highest BCUT2D eigenvalue weighted by Crippen LogP contribution is 2.33. The predicted molar refractivity (Wildman–Crippen MR) is 90.7 cm³/mol. The van der Waals surface area contributed by atoms with Crippen LogP contribution in [0.2, 0.25) is 0 Å². The SMILES string of the molecule is C[C@@H]1CN(C(=O)c2ccc(N3CCCC3)c([N+](=O)[O-])c2)C[C@H]1C(=O)O. The van der Waals surface area contributed by atoms with Gasteiger partial charge < -0.3 is 14.9 Å². The van der Waals surface area contributed by atoms with Gasteiger partial charge in [0.25, 0.3) is 11.6 Å². The van der Waals surface area contributed by atoms with Crippen LogP contribution in [0, 0.1) is 22.0 Å². The molecule has 0 saturated carbocycles. The van der Waals surface area contributed by atoms with Crippen molar-refractivity contribution in [3.8, 4) is 0 Å². The maximum atomic E-state index is 12.7. The monoisotopic (exact) mass is 347 g/mol. The van der Waals surface area contributed by atoms with Crippen LogP contribution < -0.4 is 4.90 Å². The second-order valence-electron chi connectivity index (χ2n) is 6.79. The third-order valence-corrected chi connectivity index (χ3v) is 5.08. The molecule has 8 heteroatoms. The fourth-order valence-corrected chi connectivity index (χ4v) is 3.66. The van der Waals surface area contributed by atoms with Gasteiger partial charge in [0.1, 0.15) is 5.69 Å². The number of carbonyl (C=O) groups excluding carboxylic acids is 1. The molecule has 0 spiro atoms. The number of carbonyl (C=O) groups is 2. The maximum absolute atomic E-state index is 12.7. The number of likely N-dealkylation sites (tertiary alicyclic amines) is 1. The number of amides is 1. The Morgan fingerprint density at radius 3 is 2.48 bits per heavy atom. The molecule has 1 aromatic carbocycles. The minimum atomic E-state index is -0.918. The van der Waals surface area contributed by atoms with E-state index in [-0.39, 0.29) is 29.6 Å². The first-order valence-electron chi connectivity index (χ1n) is 8.44. The van der Waals surface area contributed by atoms with Gasteiger partial charge in [0.2, 0.25) is 0 Å². The molecule has 2 heterocycles. The van der Waals surface area contributed by atoms with Crippen LogP contribution in [0.3, 0.4) is 0 Å². The van der Waals surface area contributed by atoms with Crippen LogP contribution in [-0.4, -0.2) is 53.0 Å². The highest BCUT2D eigenvalue weighted by molar-refractivity contribution is 5.96. The molecule has 0 radical (unpaired) electrons. The van der Waals surface area contributed by atoms with E-state index in [0.29, 0.717) is 12.2 Å². The van der Waals surface area contributed by atoms with Crippen LogP contribution in [0.5, 0.6) is 0 Å². The topological polar surface area (TPSA) is 104 Å². The van der Waals surface area contributed by atoms with Gasteiger partial charge in [-0.1, -0.05) is 6.92 Å². The number of benzene rings is 1. The zero-order chi connectivity index (χ0) is 18.1. The number of nitro groups is 1. The highest BCUT2D eigenvalue weighted by Gasteiger charge is 2.37. The average Bonchev–Trinajstić information content (AvgIpc) is 3.23. The van der Waals surface area contributed by atoms with Crippen molar-refractivity contribution in [2.24, 2.45) is 11.8 Å². The summed E-state index contributed by atoms with van der Waals surface area (Å²) in [7, 11) is 0. The summed E-state index contributed by atoms with van der Waals surface area (Å²) in [4.78, 5) is 38.3. The summed E-state index contributed by atoms with van der Waals surface area (Å²) >= 11 is 0. The largest absolute Gasteiger partial charge is 0.481 e. The standard InChI is InChI=1S/C17H21N3O5/c1-11-9-19(10-13(11)17(22)23)16(21)12-4-5-14(15(8-12)20(24)25)18-6-2-3-7-18/h4-5,8,11,13H,2-3,6-7,9-10H2,1H3,(H,22,23)/t11-,13-/m1/s1. The van der Waals surface area contributed by atoms with Crippen LogP contribution in [0.15, 0.2) is 18.2 Å². The number of carboxylic acid groups (broad SMARTS) is 1. The van der Waals surface area contributed by atoms with E-state index in [4.69, 9.17) is 0 Å². The normalized spacial score (nSPS) is 23.1. The van der Waals surface area contributed by atoms with Crippen LogP contribution >= 0.6 is 0 Å². The molecule has 134 valence electrons. The first-order chi connectivity index (χ1) is 11.9. The Bertz CT molecular complexity index is 714. The van der Waals surface area contributed by atoms with Gasteiger partial charge in [0.05, 0.1) is 10.8 Å². The van der Waals surface area contributed by atoms with Gasteiger partial charge in [-0.3, -0.25) is 19.7 Å². The lowest BCUT2D eigenvalue weighted by Crippen LogP contribution is -2.30. The lowest BCUT2D eigenvalue weighted by Gasteiger charge is -2.19. The second kappa shape index (κ2) is 6.70. The Morgan fingerprint density at radius 2 is 1.92 bits per heavy atom. The fourth-order valence-electron chi connectivity index (χ4n) is 3.66. The van der Waals surface area contributed by atoms with Gasteiger partial charge in [0.15, 0.2) is 0 Å². The minimum Gasteiger partial charge on any atom is -0.481 e. The second-order valence-corrected chi connectivity index (χ2v) is 6.79. The Balaban J connectivity index is 1.85. The summed E-state index contributed by atoms with van der Waals surface area (Å²) in [6, 6.07) is 4.54.